The van der Waals surface area contributed by atoms with Crippen molar-refractivity contribution in [1.82, 2.24) is 24.4 Å². The molecule has 226 valence electrons. The minimum Gasteiger partial charge on any atom is -0.475 e. The zero-order valence-corrected chi connectivity index (χ0v) is 22.0. The van der Waals surface area contributed by atoms with Gasteiger partial charge >= 0.3 is 24.3 Å². The molecule has 3 aromatic rings. The number of likely N-dealkylation sites (N-methyl/N-ethyl adjacent to an activating group) is 1. The Labute approximate surface area is 230 Å². The van der Waals surface area contributed by atoms with Crippen LogP contribution in [0.2, 0.25) is 0 Å². The second-order valence-corrected chi connectivity index (χ2v) is 8.53. The second-order valence-electron chi connectivity index (χ2n) is 8.53. The van der Waals surface area contributed by atoms with E-state index in [-0.39, 0.29) is 5.56 Å². The van der Waals surface area contributed by atoms with Crippen molar-refractivity contribution in [3.05, 3.63) is 70.7 Å². The molecule has 0 aliphatic heterocycles. The van der Waals surface area contributed by atoms with E-state index in [0.717, 1.165) is 50.2 Å². The van der Waals surface area contributed by atoms with Crippen LogP contribution >= 0.6 is 0 Å². The Morgan fingerprint density at radius 3 is 2.05 bits per heavy atom. The molecule has 2 heterocycles. The van der Waals surface area contributed by atoms with Gasteiger partial charge in [-0.15, -0.1) is 0 Å². The van der Waals surface area contributed by atoms with Crippen molar-refractivity contribution in [1.29, 1.82) is 0 Å². The number of carboxylic acid groups (broad SMARTS) is 2. The normalized spacial score (nSPS) is 11.2. The van der Waals surface area contributed by atoms with Gasteiger partial charge in [-0.3, -0.25) is 4.79 Å². The molecule has 2 aromatic heterocycles. The molecule has 41 heavy (non-hydrogen) atoms. The van der Waals surface area contributed by atoms with Crippen LogP contribution in [-0.4, -0.2) is 72.5 Å². The van der Waals surface area contributed by atoms with E-state index in [2.05, 4.69) is 50.5 Å². The van der Waals surface area contributed by atoms with E-state index >= 15 is 0 Å². The third kappa shape index (κ3) is 14.1. The van der Waals surface area contributed by atoms with Crippen molar-refractivity contribution in [2.75, 3.05) is 13.6 Å². The quantitative estimate of drug-likeness (QED) is 0.311. The van der Waals surface area contributed by atoms with Crippen molar-refractivity contribution in [2.24, 2.45) is 0 Å². The molecule has 0 amide bonds. The summed E-state index contributed by atoms with van der Waals surface area (Å²) < 4.78 is 65.5. The maximum atomic E-state index is 11.9. The Kier molecular flexibility index (Phi) is 13.7. The van der Waals surface area contributed by atoms with E-state index in [1.54, 1.807) is 12.3 Å². The summed E-state index contributed by atoms with van der Waals surface area (Å²) in [4.78, 5) is 43.5. The van der Waals surface area contributed by atoms with Gasteiger partial charge in [-0.2, -0.15) is 26.3 Å². The zero-order chi connectivity index (χ0) is 31.2. The topological polar surface area (TPSA) is 141 Å². The fraction of sp³-hybridized carbons (Fsp3) is 0.400. The standard InChI is InChI=1S/C21H27N5O.2C2HF3O2/c1-3-4-5-19-14-20(27)24-21(23-19)18-8-6-17(7-9-18)15-25(2)12-13-26-11-10-22-16-26;2*3-2(4,5)1(6)7/h6-11,14,16H,3-5,12-13,15H2,1-2H3,(H,23,24,27);2*(H,6,7). The SMILES string of the molecule is CCCCc1cc(=O)[nH]c(-c2ccc(CN(C)CCn3ccnc3)cc2)n1.O=C(O)C(F)(F)F.O=C(O)C(F)(F)F. The predicted molar refractivity (Wildman–Crippen MR) is 135 cm³/mol. The first-order valence-electron chi connectivity index (χ1n) is 12.0. The van der Waals surface area contributed by atoms with Crippen LogP contribution in [0.15, 0.2) is 53.8 Å². The highest BCUT2D eigenvalue weighted by Crippen LogP contribution is 2.17. The number of carboxylic acids is 2. The number of aromatic nitrogens is 4. The van der Waals surface area contributed by atoms with Crippen LogP contribution in [-0.2, 0) is 29.1 Å². The maximum absolute atomic E-state index is 11.9. The molecular weight excluding hydrogens is 564 g/mol. The number of benzene rings is 1. The van der Waals surface area contributed by atoms with Gasteiger partial charge in [0, 0.05) is 49.4 Å². The fourth-order valence-electron chi connectivity index (χ4n) is 2.99. The molecular formula is C25H29F6N5O5. The van der Waals surface area contributed by atoms with E-state index in [1.807, 2.05) is 24.7 Å². The van der Waals surface area contributed by atoms with Gasteiger partial charge in [0.05, 0.1) is 6.33 Å². The first kappa shape index (κ1) is 34.8. The number of alkyl halides is 6. The molecule has 3 N–H and O–H groups in total. The maximum Gasteiger partial charge on any atom is 0.490 e. The van der Waals surface area contributed by atoms with Crippen LogP contribution in [0.4, 0.5) is 26.3 Å². The number of rotatable bonds is 9. The lowest BCUT2D eigenvalue weighted by molar-refractivity contribution is -0.193. The molecule has 0 saturated carbocycles. The highest BCUT2D eigenvalue weighted by molar-refractivity contribution is 5.73. The molecule has 16 heteroatoms. The number of hydrogen-bond donors (Lipinski definition) is 3. The molecule has 3 rings (SSSR count). The minimum absolute atomic E-state index is 0.0885. The van der Waals surface area contributed by atoms with Crippen LogP contribution in [0.3, 0.4) is 0 Å². The second kappa shape index (κ2) is 16.2. The van der Waals surface area contributed by atoms with E-state index in [9.17, 15) is 31.1 Å². The average Bonchev–Trinajstić information content (AvgIpc) is 3.40. The number of nitrogens with zero attached hydrogens (tertiary/aromatic N) is 4. The molecule has 0 atom stereocenters. The lowest BCUT2D eigenvalue weighted by Crippen LogP contribution is -2.22. The van der Waals surface area contributed by atoms with Crippen molar-refractivity contribution in [3.63, 3.8) is 0 Å². The van der Waals surface area contributed by atoms with E-state index in [4.69, 9.17) is 19.8 Å². The van der Waals surface area contributed by atoms with Gasteiger partial charge in [0.15, 0.2) is 0 Å². The number of aryl methyl sites for hydroxylation is 1. The van der Waals surface area contributed by atoms with Gasteiger partial charge in [0.1, 0.15) is 5.82 Å². The first-order chi connectivity index (χ1) is 19.0. The fourth-order valence-corrected chi connectivity index (χ4v) is 2.99. The molecule has 0 radical (unpaired) electrons. The van der Waals surface area contributed by atoms with E-state index in [0.29, 0.717) is 5.82 Å². The smallest absolute Gasteiger partial charge is 0.475 e. The van der Waals surface area contributed by atoms with Crippen molar-refractivity contribution in [3.8, 4) is 11.4 Å². The first-order valence-corrected chi connectivity index (χ1v) is 12.0. The third-order valence-electron chi connectivity index (χ3n) is 5.05. The molecule has 10 nitrogen and oxygen atoms in total. The molecule has 0 bridgehead atoms. The van der Waals surface area contributed by atoms with Gasteiger partial charge in [-0.25, -0.2) is 19.6 Å². The van der Waals surface area contributed by atoms with Crippen LogP contribution in [0.1, 0.15) is 31.0 Å². The molecule has 0 spiro atoms. The summed E-state index contributed by atoms with van der Waals surface area (Å²) >= 11 is 0. The average molecular weight is 594 g/mol. The number of H-pyrrole nitrogens is 1. The van der Waals surface area contributed by atoms with Crippen molar-refractivity contribution in [2.45, 2.75) is 51.6 Å². The van der Waals surface area contributed by atoms with Crippen LogP contribution in [0.5, 0.6) is 0 Å². The Hall–Kier alpha value is -4.21. The Balaban J connectivity index is 0.000000497. The zero-order valence-electron chi connectivity index (χ0n) is 22.0. The van der Waals surface area contributed by atoms with E-state index in [1.165, 1.54) is 5.56 Å². The predicted octanol–water partition coefficient (Wildman–Crippen LogP) is 4.37. The van der Waals surface area contributed by atoms with Gasteiger partial charge < -0.3 is 24.7 Å². The number of hydrogen-bond acceptors (Lipinski definition) is 6. The summed E-state index contributed by atoms with van der Waals surface area (Å²) in [5.41, 5.74) is 2.94. The Morgan fingerprint density at radius 2 is 1.59 bits per heavy atom. The number of carbonyl (C=O) groups is 2. The van der Waals surface area contributed by atoms with Crippen LogP contribution in [0, 0.1) is 0 Å². The number of aromatic amines is 1. The molecule has 1 aromatic carbocycles. The molecule has 0 unspecified atom stereocenters. The third-order valence-corrected chi connectivity index (χ3v) is 5.05. The minimum atomic E-state index is -5.08. The molecule has 0 saturated heterocycles. The van der Waals surface area contributed by atoms with Gasteiger partial charge in [-0.05, 0) is 25.5 Å². The highest BCUT2D eigenvalue weighted by atomic mass is 19.4. The summed E-state index contributed by atoms with van der Waals surface area (Å²) in [6, 6.07) is 9.86. The monoisotopic (exact) mass is 593 g/mol. The number of unbranched alkanes of at least 4 members (excludes halogenated alkanes) is 1. The lowest BCUT2D eigenvalue weighted by Gasteiger charge is -2.17. The van der Waals surface area contributed by atoms with Crippen molar-refractivity contribution < 1.29 is 46.1 Å². The summed E-state index contributed by atoms with van der Waals surface area (Å²) in [5.74, 6) is -4.87. The van der Waals surface area contributed by atoms with Crippen molar-refractivity contribution >= 4 is 11.9 Å². The molecule has 0 aliphatic rings. The molecule has 0 fully saturated rings. The Bertz CT molecular complexity index is 1250. The number of imidazole rings is 1. The van der Waals surface area contributed by atoms with E-state index < -0.39 is 24.3 Å². The number of halogens is 6. The lowest BCUT2D eigenvalue weighted by atomic mass is 10.1. The summed E-state index contributed by atoms with van der Waals surface area (Å²) in [6.45, 7) is 4.88. The number of aliphatic carboxylic acids is 2. The highest BCUT2D eigenvalue weighted by Gasteiger charge is 2.38. The summed E-state index contributed by atoms with van der Waals surface area (Å²) in [6.07, 6.45) is -1.58. The van der Waals surface area contributed by atoms with Gasteiger partial charge in [-0.1, -0.05) is 37.6 Å². The van der Waals surface area contributed by atoms with Gasteiger partial charge in [0.25, 0.3) is 5.56 Å². The number of nitrogens with one attached hydrogen (secondary N) is 1. The summed E-state index contributed by atoms with van der Waals surface area (Å²) in [5, 5.41) is 14.2. The van der Waals surface area contributed by atoms with Gasteiger partial charge in [0.2, 0.25) is 0 Å². The summed E-state index contributed by atoms with van der Waals surface area (Å²) in [7, 11) is 2.11. The van der Waals surface area contributed by atoms with Crippen LogP contribution in [0.25, 0.3) is 11.4 Å². The van der Waals surface area contributed by atoms with Crippen LogP contribution < -0.4 is 5.56 Å². The largest absolute Gasteiger partial charge is 0.490 e. The Morgan fingerprint density at radius 1 is 1.02 bits per heavy atom. The molecule has 0 aliphatic carbocycles.